The highest BCUT2D eigenvalue weighted by atomic mass is 32.1. The van der Waals surface area contributed by atoms with E-state index < -0.39 is 0 Å². The van der Waals surface area contributed by atoms with Crippen molar-refractivity contribution in [3.05, 3.63) is 78.4 Å². The summed E-state index contributed by atoms with van der Waals surface area (Å²) < 4.78 is 2.26. The van der Waals surface area contributed by atoms with Crippen molar-refractivity contribution in [2.45, 2.75) is 38.4 Å². The maximum atomic E-state index is 5.81. The van der Waals surface area contributed by atoms with Crippen LogP contribution < -0.4 is 15.1 Å². The van der Waals surface area contributed by atoms with Crippen LogP contribution in [0, 0.1) is 0 Å². The Kier molecular flexibility index (Phi) is 5.28. The van der Waals surface area contributed by atoms with Crippen LogP contribution in [-0.4, -0.2) is 28.8 Å². The molecule has 0 saturated carbocycles. The molecule has 0 spiro atoms. The Morgan fingerprint density at radius 2 is 1.77 bits per heavy atom. The zero-order valence-electron chi connectivity index (χ0n) is 18.2. The Labute approximate surface area is 184 Å². The highest BCUT2D eigenvalue weighted by Crippen LogP contribution is 2.42. The largest absolute Gasteiger partial charge is 0.378 e. The summed E-state index contributed by atoms with van der Waals surface area (Å²) in [6, 6.07) is 16.8. The molecule has 4 rings (SSSR count). The molecule has 5 nitrogen and oxygen atoms in total. The van der Waals surface area contributed by atoms with Crippen molar-refractivity contribution in [2.75, 3.05) is 23.9 Å². The van der Waals surface area contributed by atoms with Gasteiger partial charge in [-0.15, -0.1) is 0 Å². The number of aromatic nitrogens is 2. The van der Waals surface area contributed by atoms with Gasteiger partial charge in [0.1, 0.15) is 0 Å². The van der Waals surface area contributed by atoms with Gasteiger partial charge in [-0.1, -0.05) is 6.07 Å². The molecule has 0 amide bonds. The van der Waals surface area contributed by atoms with Crippen molar-refractivity contribution in [1.29, 1.82) is 0 Å². The first-order valence-electron chi connectivity index (χ1n) is 10.2. The Bertz CT molecular complexity index is 1020. The van der Waals surface area contributed by atoms with Gasteiger partial charge >= 0.3 is 0 Å². The molecule has 0 radical (unpaired) electrons. The first kappa shape index (κ1) is 20.4. The second-order valence-electron chi connectivity index (χ2n) is 8.93. The minimum absolute atomic E-state index is 0.0150. The van der Waals surface area contributed by atoms with E-state index in [0.29, 0.717) is 0 Å². The minimum atomic E-state index is -0.0250. The molecule has 1 saturated heterocycles. The van der Waals surface area contributed by atoms with Crippen molar-refractivity contribution >= 4 is 28.7 Å². The smallest absolute Gasteiger partial charge is 0.174 e. The van der Waals surface area contributed by atoms with Gasteiger partial charge in [-0.25, -0.2) is 0 Å². The summed E-state index contributed by atoms with van der Waals surface area (Å²) in [4.78, 5) is 8.95. The fourth-order valence-corrected chi connectivity index (χ4v) is 4.23. The normalized spacial score (nSPS) is 19.1. The quantitative estimate of drug-likeness (QED) is 0.610. The summed E-state index contributed by atoms with van der Waals surface area (Å²) in [5.74, 6) is 0. The van der Waals surface area contributed by atoms with Gasteiger partial charge in [0.2, 0.25) is 0 Å². The molecule has 3 heterocycles. The number of nitrogens with zero attached hydrogens (tertiary/aromatic N) is 4. The van der Waals surface area contributed by atoms with Crippen molar-refractivity contribution in [3.63, 3.8) is 0 Å². The summed E-state index contributed by atoms with van der Waals surface area (Å²) in [6.45, 7) is 6.63. The molecule has 2 atom stereocenters. The van der Waals surface area contributed by atoms with E-state index in [2.05, 4.69) is 94.2 Å². The van der Waals surface area contributed by atoms with Crippen LogP contribution in [0.25, 0.3) is 0 Å². The molecule has 1 aliphatic heterocycles. The highest BCUT2D eigenvalue weighted by molar-refractivity contribution is 7.80. The molecule has 1 aliphatic rings. The number of hydrogen-bond acceptors (Lipinski definition) is 3. The third-order valence-electron chi connectivity index (χ3n) is 5.57. The van der Waals surface area contributed by atoms with Crippen LogP contribution in [0.5, 0.6) is 0 Å². The average molecular weight is 420 g/mol. The lowest BCUT2D eigenvalue weighted by Crippen LogP contribution is -2.29. The first-order valence-corrected chi connectivity index (χ1v) is 10.6. The fourth-order valence-electron chi connectivity index (χ4n) is 3.89. The van der Waals surface area contributed by atoms with E-state index in [1.54, 1.807) is 0 Å². The zero-order chi connectivity index (χ0) is 21.5. The van der Waals surface area contributed by atoms with Crippen molar-refractivity contribution in [3.8, 4) is 0 Å². The molecule has 1 N–H and O–H groups in total. The second-order valence-corrected chi connectivity index (χ2v) is 9.32. The molecule has 3 aromatic rings. The Balaban J connectivity index is 1.79. The van der Waals surface area contributed by atoms with Gasteiger partial charge in [-0.3, -0.25) is 4.98 Å². The molecular weight excluding hydrogens is 390 g/mol. The summed E-state index contributed by atoms with van der Waals surface area (Å²) in [7, 11) is 4.10. The van der Waals surface area contributed by atoms with Crippen LogP contribution in [0.1, 0.15) is 44.1 Å². The van der Waals surface area contributed by atoms with Crippen LogP contribution in [0.2, 0.25) is 0 Å². The van der Waals surface area contributed by atoms with Gasteiger partial charge in [0.25, 0.3) is 0 Å². The molecule has 0 unspecified atom stereocenters. The van der Waals surface area contributed by atoms with Crippen LogP contribution in [-0.2, 0) is 5.54 Å². The van der Waals surface area contributed by atoms with E-state index in [1.807, 2.05) is 32.4 Å². The van der Waals surface area contributed by atoms with Crippen LogP contribution >= 0.6 is 12.2 Å². The van der Waals surface area contributed by atoms with Gasteiger partial charge in [0, 0.05) is 49.6 Å². The first-order chi connectivity index (χ1) is 14.3. The number of pyridine rings is 1. The third-order valence-corrected chi connectivity index (χ3v) is 5.89. The monoisotopic (exact) mass is 419 g/mol. The predicted octanol–water partition coefficient (Wildman–Crippen LogP) is 4.88. The van der Waals surface area contributed by atoms with Gasteiger partial charge in [0.05, 0.1) is 17.8 Å². The SMILES string of the molecule is CN(C)c1ccc(N2C(=S)N[C@H](c3ccccn3)[C@H]2c2ccn(C(C)(C)C)c2)cc1. The Morgan fingerprint density at radius 3 is 2.33 bits per heavy atom. The van der Waals surface area contributed by atoms with Gasteiger partial charge in [-0.05, 0) is 81.0 Å². The van der Waals surface area contributed by atoms with Crippen LogP contribution in [0.4, 0.5) is 11.4 Å². The molecule has 156 valence electrons. The highest BCUT2D eigenvalue weighted by Gasteiger charge is 2.41. The lowest BCUT2D eigenvalue weighted by atomic mass is 9.98. The summed E-state index contributed by atoms with van der Waals surface area (Å²) >= 11 is 5.81. The van der Waals surface area contributed by atoms with E-state index in [4.69, 9.17) is 12.2 Å². The summed E-state index contributed by atoms with van der Waals surface area (Å²) in [5.41, 5.74) is 4.45. The topological polar surface area (TPSA) is 36.3 Å². The van der Waals surface area contributed by atoms with E-state index >= 15 is 0 Å². The number of benzene rings is 1. The van der Waals surface area contributed by atoms with Crippen LogP contribution in [0.15, 0.2) is 67.1 Å². The number of thiocarbonyl (C=S) groups is 1. The van der Waals surface area contributed by atoms with Gasteiger partial charge < -0.3 is 19.7 Å². The maximum absolute atomic E-state index is 5.81. The third kappa shape index (κ3) is 3.79. The number of anilines is 2. The molecule has 30 heavy (non-hydrogen) atoms. The average Bonchev–Trinajstić information content (AvgIpc) is 3.33. The standard InChI is InChI=1S/C24H29N5S/c1-24(2,3)28-15-13-17(16-28)22-21(20-8-6-7-14-25-20)26-23(30)29(22)19-11-9-18(10-12-19)27(4)5/h6-16,21-22H,1-5H3,(H,26,30)/t21-,22-/m1/s1. The molecule has 0 aliphatic carbocycles. The summed E-state index contributed by atoms with van der Waals surface area (Å²) in [5, 5.41) is 4.25. The molecular formula is C24H29N5S. The summed E-state index contributed by atoms with van der Waals surface area (Å²) in [6.07, 6.45) is 6.23. The molecule has 0 bridgehead atoms. The Hall–Kier alpha value is -2.86. The van der Waals surface area contributed by atoms with Gasteiger partial charge in [0.15, 0.2) is 5.11 Å². The minimum Gasteiger partial charge on any atom is -0.378 e. The zero-order valence-corrected chi connectivity index (χ0v) is 19.0. The lowest BCUT2D eigenvalue weighted by molar-refractivity contribution is 0.397. The number of nitrogens with one attached hydrogen (secondary N) is 1. The van der Waals surface area contributed by atoms with Crippen molar-refractivity contribution in [2.24, 2.45) is 0 Å². The molecule has 1 fully saturated rings. The fraction of sp³-hybridized carbons (Fsp3) is 0.333. The van der Waals surface area contributed by atoms with Crippen molar-refractivity contribution in [1.82, 2.24) is 14.9 Å². The predicted molar refractivity (Wildman–Crippen MR) is 128 cm³/mol. The van der Waals surface area contributed by atoms with Crippen molar-refractivity contribution < 1.29 is 0 Å². The number of rotatable bonds is 4. The Morgan fingerprint density at radius 1 is 1.03 bits per heavy atom. The lowest BCUT2D eigenvalue weighted by Gasteiger charge is -2.28. The maximum Gasteiger partial charge on any atom is 0.174 e. The molecule has 6 heteroatoms. The van der Waals surface area contributed by atoms with E-state index in [1.165, 1.54) is 5.56 Å². The molecule has 2 aromatic heterocycles. The second kappa shape index (κ2) is 7.76. The number of hydrogen-bond donors (Lipinski definition) is 1. The van der Waals surface area contributed by atoms with Gasteiger partial charge in [-0.2, -0.15) is 0 Å². The van der Waals surface area contributed by atoms with E-state index in [9.17, 15) is 0 Å². The van der Waals surface area contributed by atoms with E-state index in [0.717, 1.165) is 22.2 Å². The van der Waals surface area contributed by atoms with E-state index in [-0.39, 0.29) is 17.6 Å². The molecule has 1 aromatic carbocycles. The van der Waals surface area contributed by atoms with Crippen LogP contribution in [0.3, 0.4) is 0 Å².